The number of ketones is 2. The summed E-state index contributed by atoms with van der Waals surface area (Å²) in [6, 6.07) is 0. The Bertz CT molecular complexity index is 715. The second kappa shape index (κ2) is 5.17. The summed E-state index contributed by atoms with van der Waals surface area (Å²) in [5, 5.41) is 0.743. The number of carbonyl (C=O) groups is 2. The van der Waals surface area contributed by atoms with E-state index in [2.05, 4.69) is 26.0 Å². The van der Waals surface area contributed by atoms with Gasteiger partial charge in [0, 0.05) is 16.4 Å². The zero-order valence-corrected chi connectivity index (χ0v) is 15.4. The number of carbonyl (C=O) groups excluding carboxylic acids is 2. The van der Waals surface area contributed by atoms with Gasteiger partial charge in [-0.1, -0.05) is 37.6 Å². The van der Waals surface area contributed by atoms with Crippen molar-refractivity contribution in [3.05, 3.63) is 34.9 Å². The lowest BCUT2D eigenvalue weighted by molar-refractivity contribution is -0.126. The summed E-state index contributed by atoms with van der Waals surface area (Å²) in [6.45, 7) is 6.31. The second-order valence-corrected chi connectivity index (χ2v) is 9.07. The number of fused-ring (bicyclic) bond motifs is 5. The van der Waals surface area contributed by atoms with E-state index in [0.29, 0.717) is 23.5 Å². The maximum absolute atomic E-state index is 12.2. The molecule has 4 aliphatic rings. The first kappa shape index (κ1) is 16.3. The zero-order chi connectivity index (χ0) is 17.3. The Morgan fingerprint density at radius 1 is 1.21 bits per heavy atom. The van der Waals surface area contributed by atoms with E-state index in [-0.39, 0.29) is 22.5 Å². The molecule has 2 nitrogen and oxygen atoms in total. The molecule has 3 heteroatoms. The molecule has 0 aliphatic heterocycles. The molecule has 0 aromatic carbocycles. The van der Waals surface area contributed by atoms with Crippen molar-refractivity contribution in [1.82, 2.24) is 0 Å². The molecule has 0 spiro atoms. The molecule has 2 unspecified atom stereocenters. The Balaban J connectivity index is 1.79. The molecular weight excluding hydrogens is 320 g/mol. The van der Waals surface area contributed by atoms with Gasteiger partial charge in [-0.3, -0.25) is 9.59 Å². The average Bonchev–Trinajstić information content (AvgIpc) is 2.87. The summed E-state index contributed by atoms with van der Waals surface area (Å²) in [5.74, 6) is 1.97. The lowest BCUT2D eigenvalue weighted by atomic mass is 9.49. The molecule has 0 aromatic rings. The quantitative estimate of drug-likeness (QED) is 0.682. The Kier molecular flexibility index (Phi) is 3.52. The van der Waals surface area contributed by atoms with Gasteiger partial charge in [0.2, 0.25) is 0 Å². The summed E-state index contributed by atoms with van der Waals surface area (Å²) >= 11 is 6.64. The number of allylic oxidation sites excluding steroid dienone is 6. The lowest BCUT2D eigenvalue weighted by Gasteiger charge is -2.55. The van der Waals surface area contributed by atoms with Crippen LogP contribution in [0, 0.1) is 34.5 Å². The second-order valence-electron chi connectivity index (χ2n) is 8.67. The third kappa shape index (κ3) is 2.02. The van der Waals surface area contributed by atoms with E-state index in [9.17, 15) is 9.59 Å². The number of hydrogen-bond acceptors (Lipinski definition) is 2. The van der Waals surface area contributed by atoms with Crippen LogP contribution < -0.4 is 0 Å². The smallest absolute Gasteiger partial charge is 0.178 e. The summed E-state index contributed by atoms with van der Waals surface area (Å²) in [7, 11) is 0. The molecule has 2 fully saturated rings. The van der Waals surface area contributed by atoms with Crippen molar-refractivity contribution in [2.75, 3.05) is 0 Å². The van der Waals surface area contributed by atoms with Crippen LogP contribution in [0.1, 0.15) is 46.5 Å². The standard InChI is InChI=1S/C21H25ClO2/c1-12(23)15-4-5-16-14-11-19(22)18-10-13(24)6-8-21(18,3)17(14)7-9-20(15,16)2/h6,8,10-11,14-17H,4-5,7,9H2,1-3H3/t14-,15+,16?,17?,20+,21-/m0/s1. The van der Waals surface area contributed by atoms with Gasteiger partial charge in [0.15, 0.2) is 5.78 Å². The minimum atomic E-state index is -0.153. The minimum absolute atomic E-state index is 0.0330. The van der Waals surface area contributed by atoms with E-state index in [1.54, 1.807) is 19.1 Å². The lowest BCUT2D eigenvalue weighted by Crippen LogP contribution is -2.49. The molecule has 2 saturated carbocycles. The third-order valence-corrected chi connectivity index (χ3v) is 7.98. The summed E-state index contributed by atoms with van der Waals surface area (Å²) in [4.78, 5) is 24.0. The maximum Gasteiger partial charge on any atom is 0.178 e. The Hall–Kier alpha value is -1.15. The van der Waals surface area contributed by atoms with Crippen molar-refractivity contribution in [3.63, 3.8) is 0 Å². The van der Waals surface area contributed by atoms with Crippen molar-refractivity contribution in [2.45, 2.75) is 46.5 Å². The van der Waals surface area contributed by atoms with Gasteiger partial charge in [-0.05, 0) is 73.5 Å². The number of rotatable bonds is 1. The highest BCUT2D eigenvalue weighted by atomic mass is 35.5. The zero-order valence-electron chi connectivity index (χ0n) is 14.6. The highest BCUT2D eigenvalue weighted by Crippen LogP contribution is 2.65. The van der Waals surface area contributed by atoms with Crippen molar-refractivity contribution in [3.8, 4) is 0 Å². The molecule has 0 heterocycles. The van der Waals surface area contributed by atoms with Crippen LogP contribution in [0.3, 0.4) is 0 Å². The summed E-state index contributed by atoms with van der Waals surface area (Å²) in [6.07, 6.45) is 12.0. The van der Waals surface area contributed by atoms with Crippen molar-refractivity contribution in [2.24, 2.45) is 34.5 Å². The third-order valence-electron chi connectivity index (χ3n) is 7.65. The molecule has 24 heavy (non-hydrogen) atoms. The van der Waals surface area contributed by atoms with Crippen LogP contribution in [0.4, 0.5) is 0 Å². The first-order chi connectivity index (χ1) is 11.3. The van der Waals surface area contributed by atoms with Crippen LogP contribution >= 0.6 is 11.6 Å². The Morgan fingerprint density at radius 2 is 1.96 bits per heavy atom. The fourth-order valence-electron chi connectivity index (χ4n) is 6.39. The predicted octanol–water partition coefficient (Wildman–Crippen LogP) is 4.84. The molecule has 0 bridgehead atoms. The summed E-state index contributed by atoms with van der Waals surface area (Å²) < 4.78 is 0. The van der Waals surface area contributed by atoms with Crippen LogP contribution in [0.25, 0.3) is 0 Å². The first-order valence-corrected chi connectivity index (χ1v) is 9.48. The van der Waals surface area contributed by atoms with Gasteiger partial charge in [0.25, 0.3) is 0 Å². The monoisotopic (exact) mass is 344 g/mol. The Labute approximate surface area is 149 Å². The van der Waals surface area contributed by atoms with Crippen molar-refractivity contribution in [1.29, 1.82) is 0 Å². The van der Waals surface area contributed by atoms with Crippen molar-refractivity contribution < 1.29 is 9.59 Å². The molecule has 0 aromatic heterocycles. The molecule has 0 amide bonds. The minimum Gasteiger partial charge on any atom is -0.300 e. The van der Waals surface area contributed by atoms with Crippen molar-refractivity contribution >= 4 is 23.2 Å². The van der Waals surface area contributed by atoms with Gasteiger partial charge in [-0.15, -0.1) is 0 Å². The fraction of sp³-hybridized carbons (Fsp3) is 0.619. The number of hydrogen-bond donors (Lipinski definition) is 0. The van der Waals surface area contributed by atoms with Gasteiger partial charge < -0.3 is 0 Å². The summed E-state index contributed by atoms with van der Waals surface area (Å²) in [5.41, 5.74) is 0.939. The molecule has 0 radical (unpaired) electrons. The first-order valence-electron chi connectivity index (χ1n) is 9.11. The fourth-order valence-corrected chi connectivity index (χ4v) is 6.80. The molecule has 4 rings (SSSR count). The van der Waals surface area contributed by atoms with Crippen LogP contribution in [-0.2, 0) is 9.59 Å². The van der Waals surface area contributed by atoms with Gasteiger partial charge in [0.05, 0.1) is 0 Å². The Morgan fingerprint density at radius 3 is 2.67 bits per heavy atom. The number of halogens is 1. The van der Waals surface area contributed by atoms with E-state index in [1.165, 1.54) is 0 Å². The molecule has 0 saturated heterocycles. The van der Waals surface area contributed by atoms with Gasteiger partial charge in [0.1, 0.15) is 5.78 Å². The SMILES string of the molecule is CC(=O)[C@H]1CCC2[C@@H]3C=C(Cl)C4=CC(=O)C=C[C@@]4(C)C3CC[C@@]21C. The number of Topliss-reactive ketones (excluding diaryl/α,β-unsaturated/α-hetero) is 1. The van der Waals surface area contributed by atoms with E-state index in [4.69, 9.17) is 11.6 Å². The van der Waals surface area contributed by atoms with Crippen LogP contribution in [0.2, 0.25) is 0 Å². The van der Waals surface area contributed by atoms with Crippen LogP contribution in [0.5, 0.6) is 0 Å². The normalized spacial score (nSPS) is 46.6. The highest BCUT2D eigenvalue weighted by molar-refractivity contribution is 6.32. The molecule has 4 aliphatic carbocycles. The van der Waals surface area contributed by atoms with Crippen LogP contribution in [0.15, 0.2) is 34.9 Å². The van der Waals surface area contributed by atoms with E-state index < -0.39 is 0 Å². The molecule has 128 valence electrons. The average molecular weight is 345 g/mol. The van der Waals surface area contributed by atoms with E-state index in [1.807, 2.05) is 0 Å². The van der Waals surface area contributed by atoms with Gasteiger partial charge >= 0.3 is 0 Å². The molecular formula is C21H25ClO2. The molecule has 6 atom stereocenters. The highest BCUT2D eigenvalue weighted by Gasteiger charge is 2.59. The topological polar surface area (TPSA) is 34.1 Å². The van der Waals surface area contributed by atoms with Gasteiger partial charge in [-0.25, -0.2) is 0 Å². The van der Waals surface area contributed by atoms with E-state index in [0.717, 1.165) is 36.3 Å². The molecule has 0 N–H and O–H groups in total. The van der Waals surface area contributed by atoms with Gasteiger partial charge in [-0.2, -0.15) is 0 Å². The largest absolute Gasteiger partial charge is 0.300 e. The maximum atomic E-state index is 12.2. The van der Waals surface area contributed by atoms with E-state index >= 15 is 0 Å². The van der Waals surface area contributed by atoms with Crippen LogP contribution in [-0.4, -0.2) is 11.6 Å². The predicted molar refractivity (Wildman–Crippen MR) is 95.5 cm³/mol.